The summed E-state index contributed by atoms with van der Waals surface area (Å²) in [6.07, 6.45) is 0. The number of nitrogens with zero attached hydrogens (tertiary/aromatic N) is 3. The van der Waals surface area contributed by atoms with Gasteiger partial charge in [0.05, 0.1) is 16.3 Å². The molecule has 0 saturated heterocycles. The van der Waals surface area contributed by atoms with Crippen molar-refractivity contribution in [3.05, 3.63) is 112 Å². The summed E-state index contributed by atoms with van der Waals surface area (Å²) in [7, 11) is 0. The Morgan fingerprint density at radius 2 is 1.82 bits per heavy atom. The van der Waals surface area contributed by atoms with Gasteiger partial charge in [-0.25, -0.2) is 5.43 Å². The largest absolute Gasteiger partial charge is 0.489 e. The number of hydrogen-bond donors (Lipinski definition) is 2. The van der Waals surface area contributed by atoms with Crippen molar-refractivity contribution < 1.29 is 14.5 Å². The lowest BCUT2D eigenvalue weighted by Gasteiger charge is -2.07. The Labute approximate surface area is 195 Å². The van der Waals surface area contributed by atoms with Crippen LogP contribution in [0.5, 0.6) is 5.75 Å². The molecular weight excluding hydrogens is 434 g/mol. The average molecular weight is 455 g/mol. The molecule has 0 spiro atoms. The highest BCUT2D eigenvalue weighted by molar-refractivity contribution is 6.00. The van der Waals surface area contributed by atoms with E-state index in [0.29, 0.717) is 29.3 Å². The SMILES string of the molecule is C/C(=N/NC(=O)c1cc(-c2cccc(OCc3ccccc3)c2)n[nH]1)c1ccc([N+](=O)[O-])cc1. The number of H-pyrrole nitrogens is 1. The van der Waals surface area contributed by atoms with Gasteiger partial charge in [-0.3, -0.25) is 20.0 Å². The fourth-order valence-electron chi connectivity index (χ4n) is 3.16. The Balaban J connectivity index is 1.40. The second kappa shape index (κ2) is 10.2. The van der Waals surface area contributed by atoms with Gasteiger partial charge >= 0.3 is 0 Å². The molecule has 4 aromatic rings. The monoisotopic (exact) mass is 455 g/mol. The van der Waals surface area contributed by atoms with E-state index in [1.54, 1.807) is 25.1 Å². The van der Waals surface area contributed by atoms with Crippen LogP contribution in [0.4, 0.5) is 5.69 Å². The molecule has 0 aliphatic rings. The standard InChI is InChI=1S/C25H21N5O4/c1-17(19-10-12-21(13-11-19)30(32)33)26-29-25(31)24-15-23(27-28-24)20-8-5-9-22(14-20)34-16-18-6-3-2-4-7-18/h2-15H,16H2,1H3,(H,27,28)(H,29,31)/b26-17-. The van der Waals surface area contributed by atoms with Gasteiger partial charge in [-0.2, -0.15) is 10.2 Å². The number of carbonyl (C=O) groups is 1. The molecule has 0 bridgehead atoms. The molecule has 1 aromatic heterocycles. The van der Waals surface area contributed by atoms with Crippen molar-refractivity contribution in [3.8, 4) is 17.0 Å². The van der Waals surface area contributed by atoms with Crippen molar-refractivity contribution in [2.45, 2.75) is 13.5 Å². The van der Waals surface area contributed by atoms with E-state index in [1.165, 1.54) is 12.1 Å². The van der Waals surface area contributed by atoms with Crippen molar-refractivity contribution in [1.29, 1.82) is 0 Å². The van der Waals surface area contributed by atoms with Gasteiger partial charge < -0.3 is 4.74 Å². The highest BCUT2D eigenvalue weighted by Gasteiger charge is 2.12. The fraction of sp³-hybridized carbons (Fsp3) is 0.0800. The lowest BCUT2D eigenvalue weighted by molar-refractivity contribution is -0.384. The van der Waals surface area contributed by atoms with Crippen molar-refractivity contribution in [1.82, 2.24) is 15.6 Å². The number of hydrazone groups is 1. The van der Waals surface area contributed by atoms with Gasteiger partial charge in [0.15, 0.2) is 0 Å². The summed E-state index contributed by atoms with van der Waals surface area (Å²) in [5.41, 5.74) is 6.31. The minimum absolute atomic E-state index is 0.0138. The summed E-state index contributed by atoms with van der Waals surface area (Å²) in [6.45, 7) is 2.14. The number of rotatable bonds is 8. The number of amides is 1. The minimum atomic E-state index is -0.473. The van der Waals surface area contributed by atoms with Crippen LogP contribution in [0.15, 0.2) is 90.0 Å². The van der Waals surface area contributed by atoms with Crippen LogP contribution < -0.4 is 10.2 Å². The average Bonchev–Trinajstić information content (AvgIpc) is 3.37. The molecule has 2 N–H and O–H groups in total. The first-order valence-corrected chi connectivity index (χ1v) is 10.4. The number of hydrogen-bond acceptors (Lipinski definition) is 6. The highest BCUT2D eigenvalue weighted by Crippen LogP contribution is 2.23. The van der Waals surface area contributed by atoms with E-state index in [2.05, 4.69) is 20.7 Å². The molecule has 0 aliphatic carbocycles. The summed E-state index contributed by atoms with van der Waals surface area (Å²) in [6, 6.07) is 24.9. The molecule has 0 fully saturated rings. The number of nitro benzene ring substituents is 1. The first-order chi connectivity index (χ1) is 16.5. The molecule has 4 rings (SSSR count). The third-order valence-electron chi connectivity index (χ3n) is 5.02. The van der Waals surface area contributed by atoms with Crippen LogP contribution in [0.25, 0.3) is 11.3 Å². The van der Waals surface area contributed by atoms with Crippen molar-refractivity contribution in [2.75, 3.05) is 0 Å². The van der Waals surface area contributed by atoms with Crippen LogP contribution in [0.3, 0.4) is 0 Å². The number of carbonyl (C=O) groups excluding carboxylic acids is 1. The summed E-state index contributed by atoms with van der Waals surface area (Å²) in [5, 5.41) is 21.8. The van der Waals surface area contributed by atoms with Gasteiger partial charge in [-0.15, -0.1) is 0 Å². The molecule has 1 heterocycles. The predicted octanol–water partition coefficient (Wildman–Crippen LogP) is 4.72. The molecular formula is C25H21N5O4. The Morgan fingerprint density at radius 3 is 2.56 bits per heavy atom. The van der Waals surface area contributed by atoms with Crippen molar-refractivity contribution >= 4 is 17.3 Å². The van der Waals surface area contributed by atoms with E-state index in [-0.39, 0.29) is 11.4 Å². The maximum atomic E-state index is 12.5. The first kappa shape index (κ1) is 22.4. The second-order valence-electron chi connectivity index (χ2n) is 7.41. The van der Waals surface area contributed by atoms with Crippen LogP contribution in [0.1, 0.15) is 28.5 Å². The zero-order chi connectivity index (χ0) is 23.9. The predicted molar refractivity (Wildman–Crippen MR) is 128 cm³/mol. The summed E-state index contributed by atoms with van der Waals surface area (Å²) >= 11 is 0. The number of benzene rings is 3. The zero-order valence-electron chi connectivity index (χ0n) is 18.3. The summed E-state index contributed by atoms with van der Waals surface area (Å²) in [5.74, 6) is 0.232. The molecule has 0 unspecified atom stereocenters. The van der Waals surface area contributed by atoms with Crippen LogP contribution >= 0.6 is 0 Å². The maximum Gasteiger partial charge on any atom is 0.289 e. The Bertz CT molecular complexity index is 1330. The number of aromatic amines is 1. The Morgan fingerprint density at radius 1 is 1.06 bits per heavy atom. The molecule has 9 heteroatoms. The van der Waals surface area contributed by atoms with E-state index in [0.717, 1.165) is 11.1 Å². The second-order valence-corrected chi connectivity index (χ2v) is 7.41. The summed E-state index contributed by atoms with van der Waals surface area (Å²) in [4.78, 5) is 22.8. The van der Waals surface area contributed by atoms with Gasteiger partial charge in [-0.1, -0.05) is 42.5 Å². The van der Waals surface area contributed by atoms with Crippen LogP contribution in [-0.2, 0) is 6.61 Å². The number of ether oxygens (including phenoxy) is 1. The van der Waals surface area contributed by atoms with Gasteiger partial charge in [0.2, 0.25) is 0 Å². The highest BCUT2D eigenvalue weighted by atomic mass is 16.6. The molecule has 170 valence electrons. The number of non-ortho nitro benzene ring substituents is 1. The van der Waals surface area contributed by atoms with Crippen molar-refractivity contribution in [3.63, 3.8) is 0 Å². The van der Waals surface area contributed by atoms with Crippen LogP contribution in [0.2, 0.25) is 0 Å². The molecule has 0 saturated carbocycles. The third kappa shape index (κ3) is 5.52. The molecule has 0 radical (unpaired) electrons. The first-order valence-electron chi connectivity index (χ1n) is 10.4. The summed E-state index contributed by atoms with van der Waals surface area (Å²) < 4.78 is 5.86. The molecule has 0 atom stereocenters. The van der Waals surface area contributed by atoms with E-state index in [4.69, 9.17) is 4.74 Å². The van der Waals surface area contributed by atoms with E-state index in [9.17, 15) is 14.9 Å². The van der Waals surface area contributed by atoms with Gasteiger partial charge in [0, 0.05) is 17.7 Å². The quantitative estimate of drug-likeness (QED) is 0.226. The van der Waals surface area contributed by atoms with Gasteiger partial charge in [0.25, 0.3) is 11.6 Å². The minimum Gasteiger partial charge on any atom is -0.489 e. The number of aromatic nitrogens is 2. The van der Waals surface area contributed by atoms with E-state index < -0.39 is 10.8 Å². The Hall–Kier alpha value is -4.79. The van der Waals surface area contributed by atoms with Crippen molar-refractivity contribution in [2.24, 2.45) is 5.10 Å². The molecule has 34 heavy (non-hydrogen) atoms. The zero-order valence-corrected chi connectivity index (χ0v) is 18.3. The van der Waals surface area contributed by atoms with Gasteiger partial charge in [0.1, 0.15) is 18.1 Å². The molecule has 3 aromatic carbocycles. The topological polar surface area (TPSA) is 123 Å². The number of nitro groups is 1. The van der Waals surface area contributed by atoms with E-state index >= 15 is 0 Å². The van der Waals surface area contributed by atoms with Gasteiger partial charge in [-0.05, 0) is 48.4 Å². The molecule has 9 nitrogen and oxygen atoms in total. The van der Waals surface area contributed by atoms with Crippen LogP contribution in [0, 0.1) is 10.1 Å². The number of nitrogens with one attached hydrogen (secondary N) is 2. The van der Waals surface area contributed by atoms with Crippen LogP contribution in [-0.4, -0.2) is 26.7 Å². The Kier molecular flexibility index (Phi) is 6.73. The maximum absolute atomic E-state index is 12.5. The fourth-order valence-corrected chi connectivity index (χ4v) is 3.16. The molecule has 1 amide bonds. The molecule has 0 aliphatic heterocycles. The lowest BCUT2D eigenvalue weighted by Crippen LogP contribution is -2.19. The third-order valence-corrected chi connectivity index (χ3v) is 5.02. The van der Waals surface area contributed by atoms with E-state index in [1.807, 2.05) is 54.6 Å². The normalized spacial score (nSPS) is 11.1. The lowest BCUT2D eigenvalue weighted by atomic mass is 10.1. The smallest absolute Gasteiger partial charge is 0.289 e.